The Bertz CT molecular complexity index is 1000. The van der Waals surface area contributed by atoms with Gasteiger partial charge in [-0.25, -0.2) is 9.18 Å². The molecule has 0 aromatic heterocycles. The van der Waals surface area contributed by atoms with Crippen molar-refractivity contribution in [1.29, 1.82) is 0 Å². The van der Waals surface area contributed by atoms with Crippen LogP contribution in [0.15, 0.2) is 48.5 Å². The third kappa shape index (κ3) is 4.96. The molecule has 2 fully saturated rings. The number of hydrogen-bond donors (Lipinski definition) is 3. The molecule has 2 saturated heterocycles. The second-order valence-corrected chi connectivity index (χ2v) is 8.22. The molecule has 3 N–H and O–H groups in total. The summed E-state index contributed by atoms with van der Waals surface area (Å²) in [6, 6.07) is 11.1. The van der Waals surface area contributed by atoms with Crippen molar-refractivity contribution in [3.05, 3.63) is 70.5 Å². The molecule has 2 heterocycles. The standard InChI is InChI=1S/C22H22ClFN4O3/c23-15-6-4-13(5-7-15)9-18-21(30)28-12-17(10-19(28)20(29)27-18)26-22(31)25-11-14-2-1-3-16(24)8-14/h1-8,17-19H,9-12H2,(H,27,29)(H2,25,26,31)/t17-,18-,19-/m0/s1. The van der Waals surface area contributed by atoms with Crippen LogP contribution in [0.3, 0.4) is 0 Å². The van der Waals surface area contributed by atoms with Gasteiger partial charge in [0.15, 0.2) is 0 Å². The summed E-state index contributed by atoms with van der Waals surface area (Å²) >= 11 is 5.90. The molecule has 2 aromatic carbocycles. The summed E-state index contributed by atoms with van der Waals surface area (Å²) in [5, 5.41) is 8.87. The molecule has 0 aliphatic carbocycles. The number of urea groups is 1. The van der Waals surface area contributed by atoms with Gasteiger partial charge in [0.1, 0.15) is 17.9 Å². The molecule has 0 saturated carbocycles. The number of nitrogens with zero attached hydrogens (tertiary/aromatic N) is 1. The number of nitrogens with one attached hydrogen (secondary N) is 3. The van der Waals surface area contributed by atoms with Crippen molar-refractivity contribution in [2.75, 3.05) is 6.54 Å². The van der Waals surface area contributed by atoms with Gasteiger partial charge < -0.3 is 20.9 Å². The molecule has 4 rings (SSSR count). The van der Waals surface area contributed by atoms with Crippen LogP contribution in [-0.4, -0.2) is 47.4 Å². The smallest absolute Gasteiger partial charge is 0.315 e. The first-order valence-electron chi connectivity index (χ1n) is 10.0. The maximum absolute atomic E-state index is 13.2. The Kier molecular flexibility index (Phi) is 6.08. The summed E-state index contributed by atoms with van der Waals surface area (Å²) in [5.74, 6) is -0.753. The highest BCUT2D eigenvalue weighted by molar-refractivity contribution is 6.30. The van der Waals surface area contributed by atoms with Gasteiger partial charge in [0.2, 0.25) is 11.8 Å². The van der Waals surface area contributed by atoms with Gasteiger partial charge in [0, 0.05) is 24.5 Å². The third-order valence-corrected chi connectivity index (χ3v) is 5.78. The first-order chi connectivity index (χ1) is 14.9. The van der Waals surface area contributed by atoms with E-state index in [2.05, 4.69) is 16.0 Å². The number of carbonyl (C=O) groups is 3. The molecule has 7 nitrogen and oxygen atoms in total. The molecule has 2 aliphatic rings. The van der Waals surface area contributed by atoms with Crippen LogP contribution in [0.2, 0.25) is 5.02 Å². The predicted octanol–water partition coefficient (Wildman–Crippen LogP) is 1.99. The number of fused-ring (bicyclic) bond motifs is 1. The van der Waals surface area contributed by atoms with Crippen LogP contribution < -0.4 is 16.0 Å². The van der Waals surface area contributed by atoms with Gasteiger partial charge in [-0.05, 0) is 41.8 Å². The highest BCUT2D eigenvalue weighted by Crippen LogP contribution is 2.24. The zero-order valence-corrected chi connectivity index (χ0v) is 17.4. The Morgan fingerprint density at radius 1 is 1.16 bits per heavy atom. The minimum atomic E-state index is -0.648. The van der Waals surface area contributed by atoms with Crippen molar-refractivity contribution in [1.82, 2.24) is 20.9 Å². The largest absolute Gasteiger partial charge is 0.342 e. The van der Waals surface area contributed by atoms with Crippen molar-refractivity contribution < 1.29 is 18.8 Å². The van der Waals surface area contributed by atoms with Gasteiger partial charge in [-0.3, -0.25) is 9.59 Å². The number of amides is 4. The lowest BCUT2D eigenvalue weighted by Gasteiger charge is -2.34. The van der Waals surface area contributed by atoms with E-state index in [0.29, 0.717) is 23.4 Å². The molecule has 2 aromatic rings. The predicted molar refractivity (Wildman–Crippen MR) is 113 cm³/mol. The van der Waals surface area contributed by atoms with E-state index in [-0.39, 0.29) is 36.8 Å². The van der Waals surface area contributed by atoms with E-state index in [9.17, 15) is 18.8 Å². The fraction of sp³-hybridized carbons (Fsp3) is 0.318. The second kappa shape index (κ2) is 8.93. The Hall–Kier alpha value is -3.13. The molecule has 2 aliphatic heterocycles. The van der Waals surface area contributed by atoms with E-state index < -0.39 is 18.1 Å². The molecule has 3 atom stereocenters. The summed E-state index contributed by atoms with van der Waals surface area (Å²) in [6.07, 6.45) is 0.718. The second-order valence-electron chi connectivity index (χ2n) is 7.79. The number of piperazine rings is 1. The number of halogens is 2. The number of carbonyl (C=O) groups excluding carboxylic acids is 3. The molecule has 0 radical (unpaired) electrons. The van der Waals surface area contributed by atoms with Gasteiger partial charge >= 0.3 is 6.03 Å². The van der Waals surface area contributed by atoms with E-state index >= 15 is 0 Å². The lowest BCUT2D eigenvalue weighted by Crippen LogP contribution is -2.61. The summed E-state index contributed by atoms with van der Waals surface area (Å²) in [4.78, 5) is 39.2. The van der Waals surface area contributed by atoms with Crippen LogP contribution in [-0.2, 0) is 22.6 Å². The third-order valence-electron chi connectivity index (χ3n) is 5.53. The van der Waals surface area contributed by atoms with Crippen LogP contribution in [0.4, 0.5) is 9.18 Å². The van der Waals surface area contributed by atoms with Crippen LogP contribution >= 0.6 is 11.6 Å². The van der Waals surface area contributed by atoms with E-state index in [4.69, 9.17) is 11.6 Å². The topological polar surface area (TPSA) is 90.5 Å². The quantitative estimate of drug-likeness (QED) is 0.658. The molecule has 162 valence electrons. The highest BCUT2D eigenvalue weighted by Gasteiger charge is 2.46. The molecule has 9 heteroatoms. The minimum Gasteiger partial charge on any atom is -0.342 e. The Balaban J connectivity index is 1.32. The van der Waals surface area contributed by atoms with Crippen molar-refractivity contribution in [2.45, 2.75) is 37.5 Å². The first-order valence-corrected chi connectivity index (χ1v) is 10.4. The molecule has 0 bridgehead atoms. The SMILES string of the molecule is O=C(NCc1cccc(F)c1)N[C@H]1C[C@H]2C(=O)N[C@@H](Cc3ccc(Cl)cc3)C(=O)N2C1. The zero-order chi connectivity index (χ0) is 22.0. The van der Waals surface area contributed by atoms with E-state index in [1.165, 1.54) is 17.0 Å². The number of hydrogen-bond acceptors (Lipinski definition) is 3. The van der Waals surface area contributed by atoms with Crippen LogP contribution in [0.1, 0.15) is 17.5 Å². The fourth-order valence-corrected chi connectivity index (χ4v) is 4.15. The van der Waals surface area contributed by atoms with Crippen molar-refractivity contribution >= 4 is 29.4 Å². The highest BCUT2D eigenvalue weighted by atomic mass is 35.5. The maximum atomic E-state index is 13.2. The van der Waals surface area contributed by atoms with E-state index in [1.807, 2.05) is 12.1 Å². The lowest BCUT2D eigenvalue weighted by atomic mass is 10.0. The Labute approximate surface area is 183 Å². The van der Waals surface area contributed by atoms with Gasteiger partial charge in [0.05, 0.1) is 6.04 Å². The van der Waals surface area contributed by atoms with Gasteiger partial charge in [-0.2, -0.15) is 0 Å². The van der Waals surface area contributed by atoms with Crippen LogP contribution in [0, 0.1) is 5.82 Å². The normalized spacial score (nSPS) is 22.6. The molecule has 31 heavy (non-hydrogen) atoms. The van der Waals surface area contributed by atoms with Crippen molar-refractivity contribution in [2.24, 2.45) is 0 Å². The molecular weight excluding hydrogens is 423 g/mol. The van der Waals surface area contributed by atoms with Gasteiger partial charge in [0.25, 0.3) is 0 Å². The molecular formula is C22H22ClFN4O3. The summed E-state index contributed by atoms with van der Waals surface area (Å²) in [5.41, 5.74) is 1.53. The van der Waals surface area contributed by atoms with E-state index in [1.54, 1.807) is 24.3 Å². The fourth-order valence-electron chi connectivity index (χ4n) is 4.02. The monoisotopic (exact) mass is 444 g/mol. The number of benzene rings is 2. The van der Waals surface area contributed by atoms with Crippen LogP contribution in [0.25, 0.3) is 0 Å². The van der Waals surface area contributed by atoms with Crippen LogP contribution in [0.5, 0.6) is 0 Å². The maximum Gasteiger partial charge on any atom is 0.315 e. The Morgan fingerprint density at radius 2 is 1.94 bits per heavy atom. The van der Waals surface area contributed by atoms with Crippen molar-refractivity contribution in [3.8, 4) is 0 Å². The lowest BCUT2D eigenvalue weighted by molar-refractivity contribution is -0.147. The minimum absolute atomic E-state index is 0.163. The van der Waals surface area contributed by atoms with Gasteiger partial charge in [-0.15, -0.1) is 0 Å². The summed E-state index contributed by atoms with van der Waals surface area (Å²) in [7, 11) is 0. The average molecular weight is 445 g/mol. The first kappa shape index (κ1) is 21.1. The molecule has 0 spiro atoms. The van der Waals surface area contributed by atoms with Crippen molar-refractivity contribution in [3.63, 3.8) is 0 Å². The summed E-state index contributed by atoms with van der Waals surface area (Å²) in [6.45, 7) is 0.438. The molecule has 0 unspecified atom stereocenters. The Morgan fingerprint density at radius 3 is 2.68 bits per heavy atom. The van der Waals surface area contributed by atoms with E-state index in [0.717, 1.165) is 5.56 Å². The number of rotatable bonds is 5. The average Bonchev–Trinajstić information content (AvgIpc) is 3.16. The molecule has 4 amide bonds. The van der Waals surface area contributed by atoms with Gasteiger partial charge in [-0.1, -0.05) is 35.9 Å². The summed E-state index contributed by atoms with van der Waals surface area (Å²) < 4.78 is 13.2. The zero-order valence-electron chi connectivity index (χ0n) is 16.6.